The Balaban J connectivity index is 1.88. The summed E-state index contributed by atoms with van der Waals surface area (Å²) in [5.41, 5.74) is 9.59. The monoisotopic (exact) mass is 385 g/mol. The molecule has 0 aliphatic rings. The van der Waals surface area contributed by atoms with E-state index in [-0.39, 0.29) is 0 Å². The van der Waals surface area contributed by atoms with E-state index in [0.29, 0.717) is 0 Å². The molecule has 1 aromatic heterocycles. The van der Waals surface area contributed by atoms with Crippen LogP contribution in [0.2, 0.25) is 0 Å². The molecule has 0 saturated heterocycles. The molecule has 1 heterocycles. The van der Waals surface area contributed by atoms with Gasteiger partial charge in [0, 0.05) is 17.4 Å². The van der Waals surface area contributed by atoms with Crippen LogP contribution >= 0.6 is 0 Å². The summed E-state index contributed by atoms with van der Waals surface area (Å²) in [5.74, 6) is 0. The van der Waals surface area contributed by atoms with Crippen molar-refractivity contribution in [2.75, 3.05) is 0 Å². The zero-order chi connectivity index (χ0) is 20.3. The van der Waals surface area contributed by atoms with Crippen molar-refractivity contribution in [1.82, 2.24) is 4.98 Å². The summed E-state index contributed by atoms with van der Waals surface area (Å²) in [4.78, 5) is 5.17. The SMILES string of the molecule is Cc1ccc2nc(-c3ccccc3)c(Cc3ccccc3)c(-c3ccccc3)c2c1. The number of nitrogens with zero attached hydrogens (tertiary/aromatic N) is 1. The predicted molar refractivity (Wildman–Crippen MR) is 127 cm³/mol. The highest BCUT2D eigenvalue weighted by Crippen LogP contribution is 2.38. The number of aromatic nitrogens is 1. The Morgan fingerprint density at radius 3 is 1.90 bits per heavy atom. The van der Waals surface area contributed by atoms with Crippen molar-refractivity contribution in [3.05, 3.63) is 126 Å². The highest BCUT2D eigenvalue weighted by Gasteiger charge is 2.18. The van der Waals surface area contributed by atoms with E-state index in [2.05, 4.69) is 116 Å². The molecule has 0 aliphatic heterocycles. The number of benzene rings is 4. The molecule has 30 heavy (non-hydrogen) atoms. The van der Waals surface area contributed by atoms with Crippen LogP contribution < -0.4 is 0 Å². The molecular formula is C29H23N. The summed E-state index contributed by atoms with van der Waals surface area (Å²) in [7, 11) is 0. The number of rotatable bonds is 4. The van der Waals surface area contributed by atoms with Crippen molar-refractivity contribution < 1.29 is 0 Å². The predicted octanol–water partition coefficient (Wildman–Crippen LogP) is 7.47. The van der Waals surface area contributed by atoms with E-state index in [4.69, 9.17) is 4.98 Å². The molecule has 4 aromatic carbocycles. The summed E-state index contributed by atoms with van der Waals surface area (Å²) in [6, 6.07) is 38.5. The Bertz CT molecular complexity index is 1290. The van der Waals surface area contributed by atoms with Gasteiger partial charge >= 0.3 is 0 Å². The minimum Gasteiger partial charge on any atom is -0.247 e. The summed E-state index contributed by atoms with van der Waals surface area (Å²) in [6.07, 6.45) is 0.839. The second-order valence-electron chi connectivity index (χ2n) is 7.73. The fourth-order valence-corrected chi connectivity index (χ4v) is 4.16. The second kappa shape index (κ2) is 7.96. The summed E-state index contributed by atoms with van der Waals surface area (Å²) in [5, 5.41) is 1.21. The Morgan fingerprint density at radius 1 is 0.633 bits per heavy atom. The summed E-state index contributed by atoms with van der Waals surface area (Å²) < 4.78 is 0. The van der Waals surface area contributed by atoms with Crippen LogP contribution in [0.3, 0.4) is 0 Å². The van der Waals surface area contributed by atoms with Gasteiger partial charge in [-0.25, -0.2) is 4.98 Å². The van der Waals surface area contributed by atoms with Crippen molar-refractivity contribution in [2.45, 2.75) is 13.3 Å². The number of aryl methyl sites for hydroxylation is 1. The van der Waals surface area contributed by atoms with Gasteiger partial charge in [-0.3, -0.25) is 0 Å². The molecule has 0 bridgehead atoms. The number of fused-ring (bicyclic) bond motifs is 1. The van der Waals surface area contributed by atoms with Crippen LogP contribution in [-0.2, 0) is 6.42 Å². The Labute approximate surface area is 177 Å². The fourth-order valence-electron chi connectivity index (χ4n) is 4.16. The first-order valence-corrected chi connectivity index (χ1v) is 10.4. The topological polar surface area (TPSA) is 12.9 Å². The molecule has 0 saturated carbocycles. The van der Waals surface area contributed by atoms with E-state index >= 15 is 0 Å². The van der Waals surface area contributed by atoms with Crippen LogP contribution in [0.5, 0.6) is 0 Å². The molecule has 5 aromatic rings. The Morgan fingerprint density at radius 2 is 1.23 bits per heavy atom. The third-order valence-corrected chi connectivity index (χ3v) is 5.57. The van der Waals surface area contributed by atoms with E-state index in [9.17, 15) is 0 Å². The molecular weight excluding hydrogens is 362 g/mol. The molecule has 1 heteroatoms. The lowest BCUT2D eigenvalue weighted by atomic mass is 9.88. The zero-order valence-electron chi connectivity index (χ0n) is 17.0. The molecule has 144 valence electrons. The first-order valence-electron chi connectivity index (χ1n) is 10.4. The minimum absolute atomic E-state index is 0.839. The van der Waals surface area contributed by atoms with Crippen molar-refractivity contribution in [1.29, 1.82) is 0 Å². The molecule has 0 spiro atoms. The van der Waals surface area contributed by atoms with Gasteiger partial charge < -0.3 is 0 Å². The molecule has 0 fully saturated rings. The zero-order valence-corrected chi connectivity index (χ0v) is 17.0. The fraction of sp³-hybridized carbons (Fsp3) is 0.0690. The standard InChI is InChI=1S/C29H23N/c1-21-17-18-27-25(19-21)28(23-13-7-3-8-14-23)26(20-22-11-5-2-6-12-22)29(30-27)24-15-9-4-10-16-24/h2-19H,20H2,1H3. The van der Waals surface area contributed by atoms with Crippen LogP contribution in [0.15, 0.2) is 109 Å². The lowest BCUT2D eigenvalue weighted by Crippen LogP contribution is -2.01. The van der Waals surface area contributed by atoms with Gasteiger partial charge in [0.1, 0.15) is 0 Å². The van der Waals surface area contributed by atoms with Crippen molar-refractivity contribution >= 4 is 10.9 Å². The average molecular weight is 386 g/mol. The number of pyridine rings is 1. The van der Waals surface area contributed by atoms with E-state index < -0.39 is 0 Å². The molecule has 0 unspecified atom stereocenters. The van der Waals surface area contributed by atoms with Gasteiger partial charge in [-0.1, -0.05) is 103 Å². The maximum Gasteiger partial charge on any atom is 0.0751 e. The molecule has 0 N–H and O–H groups in total. The first-order chi connectivity index (χ1) is 14.8. The van der Waals surface area contributed by atoms with Gasteiger partial charge in [-0.2, -0.15) is 0 Å². The lowest BCUT2D eigenvalue weighted by molar-refractivity contribution is 1.17. The third-order valence-electron chi connectivity index (χ3n) is 5.57. The van der Waals surface area contributed by atoms with Crippen LogP contribution in [0.1, 0.15) is 16.7 Å². The first kappa shape index (κ1) is 18.3. The highest BCUT2D eigenvalue weighted by atomic mass is 14.7. The van der Waals surface area contributed by atoms with Crippen molar-refractivity contribution in [3.63, 3.8) is 0 Å². The average Bonchev–Trinajstić information content (AvgIpc) is 2.80. The van der Waals surface area contributed by atoms with Crippen molar-refractivity contribution in [2.24, 2.45) is 0 Å². The number of hydrogen-bond donors (Lipinski definition) is 0. The van der Waals surface area contributed by atoms with E-state index in [1.54, 1.807) is 0 Å². The van der Waals surface area contributed by atoms with E-state index in [1.165, 1.54) is 33.2 Å². The van der Waals surface area contributed by atoms with Crippen LogP contribution in [0, 0.1) is 6.92 Å². The number of hydrogen-bond acceptors (Lipinski definition) is 1. The van der Waals surface area contributed by atoms with E-state index in [1.807, 2.05) is 0 Å². The van der Waals surface area contributed by atoms with Gasteiger partial charge in [0.2, 0.25) is 0 Å². The summed E-state index contributed by atoms with van der Waals surface area (Å²) >= 11 is 0. The van der Waals surface area contributed by atoms with Crippen molar-refractivity contribution in [3.8, 4) is 22.4 Å². The van der Waals surface area contributed by atoms with Gasteiger partial charge in [0.25, 0.3) is 0 Å². The molecule has 5 rings (SSSR count). The second-order valence-corrected chi connectivity index (χ2v) is 7.73. The smallest absolute Gasteiger partial charge is 0.0751 e. The molecule has 0 radical (unpaired) electrons. The Kier molecular flexibility index (Phi) is 4.86. The van der Waals surface area contributed by atoms with Gasteiger partial charge in [0.05, 0.1) is 11.2 Å². The third kappa shape index (κ3) is 3.51. The largest absolute Gasteiger partial charge is 0.247 e. The molecule has 1 nitrogen and oxygen atoms in total. The Hall–Kier alpha value is -3.71. The maximum atomic E-state index is 5.17. The molecule has 0 amide bonds. The minimum atomic E-state index is 0.839. The van der Waals surface area contributed by atoms with Gasteiger partial charge in [-0.05, 0) is 41.3 Å². The molecule has 0 atom stereocenters. The normalized spacial score (nSPS) is 11.0. The summed E-state index contributed by atoms with van der Waals surface area (Å²) in [6.45, 7) is 2.15. The maximum absolute atomic E-state index is 5.17. The van der Waals surface area contributed by atoms with Crippen LogP contribution in [-0.4, -0.2) is 4.98 Å². The lowest BCUT2D eigenvalue weighted by Gasteiger charge is -2.19. The highest BCUT2D eigenvalue weighted by molar-refractivity contribution is 5.99. The molecule has 0 aliphatic carbocycles. The van der Waals surface area contributed by atoms with E-state index in [0.717, 1.165) is 23.2 Å². The van der Waals surface area contributed by atoms with Crippen LogP contribution in [0.25, 0.3) is 33.3 Å². The quantitative estimate of drug-likeness (QED) is 0.313. The van der Waals surface area contributed by atoms with Crippen LogP contribution in [0.4, 0.5) is 0 Å². The van der Waals surface area contributed by atoms with Gasteiger partial charge in [-0.15, -0.1) is 0 Å². The van der Waals surface area contributed by atoms with Gasteiger partial charge in [0.15, 0.2) is 0 Å².